The highest BCUT2D eigenvalue weighted by atomic mass is 79.9. The van der Waals surface area contributed by atoms with Crippen LogP contribution in [0.4, 0.5) is 4.79 Å². The third-order valence-corrected chi connectivity index (χ3v) is 6.42. The molecule has 0 radical (unpaired) electrons. The van der Waals surface area contributed by atoms with Crippen molar-refractivity contribution in [1.29, 1.82) is 0 Å². The summed E-state index contributed by atoms with van der Waals surface area (Å²) < 4.78 is 6.37. The molecule has 0 bridgehead atoms. The molecule has 0 spiro atoms. The van der Waals surface area contributed by atoms with Gasteiger partial charge >= 0.3 is 6.03 Å². The van der Waals surface area contributed by atoms with Crippen molar-refractivity contribution in [1.82, 2.24) is 20.2 Å². The fourth-order valence-corrected chi connectivity index (χ4v) is 4.52. The number of aliphatic hydroxyl groups is 1. The first kappa shape index (κ1) is 24.9. The smallest absolute Gasteiger partial charge is 0.325 e. The van der Waals surface area contributed by atoms with Gasteiger partial charge in [0.05, 0.1) is 18.3 Å². The predicted octanol–water partition coefficient (Wildman–Crippen LogP) is 4.90. The largest absolute Gasteiger partial charge is 0.491 e. The van der Waals surface area contributed by atoms with Crippen LogP contribution in [0.5, 0.6) is 5.75 Å². The summed E-state index contributed by atoms with van der Waals surface area (Å²) in [7, 11) is 0. The highest BCUT2D eigenvalue weighted by Crippen LogP contribution is 2.35. The summed E-state index contributed by atoms with van der Waals surface area (Å²) in [6, 6.07) is 13.1. The van der Waals surface area contributed by atoms with Crippen molar-refractivity contribution in [3.05, 3.63) is 70.1 Å². The molecule has 2 heterocycles. The molecule has 4 rings (SSSR count). The SMILES string of the molecule is Cc1[nH]c(C(CC(C)C)N2C(=O)N[C@H](c3ccc(OCCO)cc3)C2=O)nc1-c1ccc(Br)cc1. The fraction of sp³-hybridized carbons (Fsp3) is 0.346. The number of imidazole rings is 1. The Morgan fingerprint density at radius 3 is 2.43 bits per heavy atom. The molecule has 1 saturated heterocycles. The Labute approximate surface area is 212 Å². The molecule has 35 heavy (non-hydrogen) atoms. The quantitative estimate of drug-likeness (QED) is 0.334. The monoisotopic (exact) mass is 540 g/mol. The second-order valence-corrected chi connectivity index (χ2v) is 9.90. The highest BCUT2D eigenvalue weighted by Gasteiger charge is 2.44. The number of nitrogens with zero attached hydrogens (tertiary/aromatic N) is 2. The first-order chi connectivity index (χ1) is 16.8. The minimum atomic E-state index is -0.786. The molecule has 0 aliphatic carbocycles. The number of H-pyrrole nitrogens is 1. The van der Waals surface area contributed by atoms with Gasteiger partial charge in [-0.3, -0.25) is 9.69 Å². The molecule has 3 amide bonds. The van der Waals surface area contributed by atoms with Crippen molar-refractivity contribution >= 4 is 27.9 Å². The van der Waals surface area contributed by atoms with Crippen LogP contribution in [-0.2, 0) is 4.79 Å². The number of carbonyl (C=O) groups excluding carboxylic acids is 2. The fourth-order valence-electron chi connectivity index (χ4n) is 4.25. The number of benzene rings is 2. The van der Waals surface area contributed by atoms with E-state index in [1.54, 1.807) is 24.3 Å². The first-order valence-corrected chi connectivity index (χ1v) is 12.4. The predicted molar refractivity (Wildman–Crippen MR) is 136 cm³/mol. The number of amides is 3. The zero-order valence-corrected chi connectivity index (χ0v) is 21.5. The number of halogens is 1. The van der Waals surface area contributed by atoms with Crippen LogP contribution in [0.15, 0.2) is 53.0 Å². The standard InChI is InChI=1S/C26H29BrN4O4/c1-15(2)14-21(24-28-16(3)22(29-24)17-4-8-19(27)9-5-17)31-25(33)23(30-26(31)34)18-6-10-20(11-7-18)35-13-12-32/h4-11,15,21,23,32H,12-14H2,1-3H3,(H,28,29)(H,30,34)/t21?,23-/m1/s1. The number of rotatable bonds is 9. The summed E-state index contributed by atoms with van der Waals surface area (Å²) in [4.78, 5) is 36.0. The summed E-state index contributed by atoms with van der Waals surface area (Å²) in [5.41, 5.74) is 3.29. The molecule has 1 aliphatic rings. The van der Waals surface area contributed by atoms with Gasteiger partial charge < -0.3 is 20.1 Å². The van der Waals surface area contributed by atoms with E-state index in [2.05, 4.69) is 40.1 Å². The van der Waals surface area contributed by atoms with Crippen molar-refractivity contribution in [2.45, 2.75) is 39.3 Å². The second kappa shape index (κ2) is 10.6. The van der Waals surface area contributed by atoms with Crippen LogP contribution in [0.25, 0.3) is 11.3 Å². The number of urea groups is 1. The van der Waals surface area contributed by atoms with Crippen LogP contribution in [0.1, 0.15) is 49.4 Å². The van der Waals surface area contributed by atoms with Crippen LogP contribution in [0.3, 0.4) is 0 Å². The van der Waals surface area contributed by atoms with E-state index >= 15 is 0 Å². The van der Waals surface area contributed by atoms with E-state index in [1.807, 2.05) is 31.2 Å². The van der Waals surface area contributed by atoms with Gasteiger partial charge in [0.1, 0.15) is 24.2 Å². The van der Waals surface area contributed by atoms with E-state index in [0.717, 1.165) is 21.4 Å². The molecule has 2 atom stereocenters. The number of hydrogen-bond donors (Lipinski definition) is 3. The average Bonchev–Trinajstić information content (AvgIpc) is 3.36. The lowest BCUT2D eigenvalue weighted by atomic mass is 10.0. The molecule has 9 heteroatoms. The third-order valence-electron chi connectivity index (χ3n) is 5.89. The van der Waals surface area contributed by atoms with Crippen molar-refractivity contribution in [3.8, 4) is 17.0 Å². The Hall–Kier alpha value is -3.17. The Bertz CT molecular complexity index is 1190. The number of aromatic amines is 1. The van der Waals surface area contributed by atoms with Crippen molar-refractivity contribution in [2.24, 2.45) is 5.92 Å². The zero-order chi connectivity index (χ0) is 25.1. The molecule has 8 nitrogen and oxygen atoms in total. The average molecular weight is 541 g/mol. The summed E-state index contributed by atoms with van der Waals surface area (Å²) in [6.45, 7) is 6.16. The minimum Gasteiger partial charge on any atom is -0.491 e. The van der Waals surface area contributed by atoms with Crippen molar-refractivity contribution in [3.63, 3.8) is 0 Å². The third kappa shape index (κ3) is 5.41. The van der Waals surface area contributed by atoms with Crippen molar-refractivity contribution < 1.29 is 19.4 Å². The topological polar surface area (TPSA) is 108 Å². The van der Waals surface area contributed by atoms with E-state index < -0.39 is 18.1 Å². The first-order valence-electron chi connectivity index (χ1n) is 11.6. The Balaban J connectivity index is 1.62. The molecule has 1 fully saturated rings. The van der Waals surface area contributed by atoms with Gasteiger partial charge in [0.2, 0.25) is 0 Å². The molecule has 0 saturated carbocycles. The maximum Gasteiger partial charge on any atom is 0.325 e. The Morgan fingerprint density at radius 1 is 1.11 bits per heavy atom. The summed E-state index contributed by atoms with van der Waals surface area (Å²) >= 11 is 3.46. The molecule has 3 aromatic rings. The summed E-state index contributed by atoms with van der Waals surface area (Å²) in [5.74, 6) is 1.08. The van der Waals surface area contributed by atoms with Gasteiger partial charge in [0, 0.05) is 15.7 Å². The highest BCUT2D eigenvalue weighted by molar-refractivity contribution is 9.10. The van der Waals surface area contributed by atoms with Gasteiger partial charge in [0.15, 0.2) is 0 Å². The molecule has 2 aromatic carbocycles. The van der Waals surface area contributed by atoms with Gasteiger partial charge in [-0.05, 0) is 49.1 Å². The molecule has 3 N–H and O–H groups in total. The molecule has 1 aliphatic heterocycles. The van der Waals surface area contributed by atoms with Gasteiger partial charge in [-0.2, -0.15) is 0 Å². The van der Waals surface area contributed by atoms with Gasteiger partial charge in [-0.25, -0.2) is 9.78 Å². The Kier molecular flexibility index (Phi) is 7.57. The lowest BCUT2D eigenvalue weighted by Crippen LogP contribution is -2.36. The number of imide groups is 1. The van der Waals surface area contributed by atoms with E-state index in [9.17, 15) is 9.59 Å². The number of nitrogens with one attached hydrogen (secondary N) is 2. The van der Waals surface area contributed by atoms with Crippen LogP contribution < -0.4 is 10.1 Å². The molecule has 1 unspecified atom stereocenters. The van der Waals surface area contributed by atoms with Gasteiger partial charge in [0.25, 0.3) is 5.91 Å². The number of hydrogen-bond acceptors (Lipinski definition) is 5. The summed E-state index contributed by atoms with van der Waals surface area (Å²) in [6.07, 6.45) is 0.576. The van der Waals surface area contributed by atoms with E-state index in [0.29, 0.717) is 23.6 Å². The van der Waals surface area contributed by atoms with Crippen LogP contribution in [0.2, 0.25) is 0 Å². The van der Waals surface area contributed by atoms with E-state index in [-0.39, 0.29) is 25.0 Å². The summed E-state index contributed by atoms with van der Waals surface area (Å²) in [5, 5.41) is 11.7. The molecular weight excluding hydrogens is 512 g/mol. The van der Waals surface area contributed by atoms with Crippen LogP contribution in [0, 0.1) is 12.8 Å². The second-order valence-electron chi connectivity index (χ2n) is 8.98. The number of aromatic nitrogens is 2. The van der Waals surface area contributed by atoms with Gasteiger partial charge in [-0.1, -0.05) is 54.0 Å². The lowest BCUT2D eigenvalue weighted by Gasteiger charge is -2.25. The molecular formula is C26H29BrN4O4. The number of ether oxygens (including phenoxy) is 1. The minimum absolute atomic E-state index is 0.0824. The molecule has 1 aromatic heterocycles. The van der Waals surface area contributed by atoms with Crippen LogP contribution >= 0.6 is 15.9 Å². The van der Waals surface area contributed by atoms with Crippen molar-refractivity contribution in [2.75, 3.05) is 13.2 Å². The Morgan fingerprint density at radius 2 is 1.80 bits per heavy atom. The molecule has 184 valence electrons. The van der Waals surface area contributed by atoms with Gasteiger partial charge in [-0.15, -0.1) is 0 Å². The number of aryl methyl sites for hydroxylation is 1. The zero-order valence-electron chi connectivity index (χ0n) is 19.9. The maximum absolute atomic E-state index is 13.5. The van der Waals surface area contributed by atoms with E-state index in [1.165, 1.54) is 4.90 Å². The van der Waals surface area contributed by atoms with Crippen LogP contribution in [-0.4, -0.2) is 45.1 Å². The number of aliphatic hydroxyl groups excluding tert-OH is 1. The maximum atomic E-state index is 13.5. The lowest BCUT2D eigenvalue weighted by molar-refractivity contribution is -0.129. The van der Waals surface area contributed by atoms with E-state index in [4.69, 9.17) is 14.8 Å². The normalized spacial score (nSPS) is 16.6. The number of carbonyl (C=O) groups is 2.